The molecule has 0 saturated heterocycles. The van der Waals surface area contributed by atoms with Crippen molar-refractivity contribution in [3.63, 3.8) is 0 Å². The Morgan fingerprint density at radius 3 is 1.24 bits per heavy atom. The standard InChI is InChI=1S/2C25H21Cl2N5O5S.C7H6ClNO2.C7H7NO2/c2*1-11(2)31-21-19(29-22(31)12-9-28-25(35-4)30-23(12)34-3)24(33)32(20(21)17-5-6-18(27)38-17)14-8-16-15(7-13(14)26)36-10-37-16;8-4-1-6-7(2-5(4)9)11-3-10-6;8-5-1-2-6-7(3-5)10-4-9-6/h2*5-9,11,20H,10H2,1-4H3;1-2H,3,9H2;1-3H,4,8H2/t2*20-;;/m10../s1. The van der Waals surface area contributed by atoms with Crippen LogP contribution in [0.4, 0.5) is 22.7 Å². The quantitative estimate of drug-likeness (QED) is 0.107. The van der Waals surface area contributed by atoms with E-state index in [1.807, 2.05) is 49.0 Å². The second-order valence-corrected chi connectivity index (χ2v) is 26.6. The van der Waals surface area contributed by atoms with Crippen LogP contribution in [-0.4, -0.2) is 106 Å². The van der Waals surface area contributed by atoms with E-state index in [0.29, 0.717) is 122 Å². The molecule has 0 unspecified atom stereocenters. The van der Waals surface area contributed by atoms with Gasteiger partial charge in [0.15, 0.2) is 57.4 Å². The number of carbonyl (C=O) groups excluding carboxylic acids is 2. The lowest BCUT2D eigenvalue weighted by Gasteiger charge is -2.28. The van der Waals surface area contributed by atoms with Crippen LogP contribution in [0.15, 0.2) is 91.3 Å². The number of halogens is 5. The number of amides is 2. The van der Waals surface area contributed by atoms with Gasteiger partial charge in [0.1, 0.15) is 23.7 Å². The molecule has 0 fully saturated rings. The summed E-state index contributed by atoms with van der Waals surface area (Å²) in [7, 11) is 5.96. The van der Waals surface area contributed by atoms with E-state index in [1.165, 1.54) is 51.1 Å². The van der Waals surface area contributed by atoms with E-state index in [-0.39, 0.29) is 79.4 Å². The van der Waals surface area contributed by atoms with Crippen LogP contribution in [0.2, 0.25) is 23.7 Å². The number of fused-ring (bicyclic) bond motifs is 6. The smallest absolute Gasteiger partial charge is 0.319 e. The van der Waals surface area contributed by atoms with Crippen molar-refractivity contribution in [3.8, 4) is 92.6 Å². The van der Waals surface area contributed by atoms with Crippen molar-refractivity contribution in [2.45, 2.75) is 51.9 Å². The lowest BCUT2D eigenvalue weighted by molar-refractivity contribution is 0.0982. The maximum Gasteiger partial charge on any atom is 0.319 e. The fourth-order valence-electron chi connectivity index (χ4n) is 11.4. The van der Waals surface area contributed by atoms with Gasteiger partial charge in [0.25, 0.3) is 11.8 Å². The minimum atomic E-state index is -0.554. The van der Waals surface area contributed by atoms with Gasteiger partial charge in [0, 0.05) is 82.4 Å². The summed E-state index contributed by atoms with van der Waals surface area (Å²) in [5.41, 5.74) is 16.2. The third-order valence-electron chi connectivity index (χ3n) is 15.5. The van der Waals surface area contributed by atoms with Crippen LogP contribution in [-0.2, 0) is 0 Å². The summed E-state index contributed by atoms with van der Waals surface area (Å²) in [6, 6.07) is 21.9. The molecule has 4 N–H and O–H groups in total. The van der Waals surface area contributed by atoms with Crippen LogP contribution in [0.1, 0.15) is 94.0 Å². The largest absolute Gasteiger partial charge is 0.480 e. The molecular formula is C64H55Cl5N12O14S2. The summed E-state index contributed by atoms with van der Waals surface area (Å²) < 4.78 is 68.9. The molecule has 12 heterocycles. The topological polar surface area (TPSA) is 291 Å². The normalized spacial score (nSPS) is 15.4. The Balaban J connectivity index is 0.000000134. The fourth-order valence-corrected chi connectivity index (χ4v) is 14.3. The summed E-state index contributed by atoms with van der Waals surface area (Å²) in [6.45, 7) is 8.78. The van der Waals surface area contributed by atoms with Gasteiger partial charge < -0.3 is 77.4 Å². The van der Waals surface area contributed by atoms with Crippen molar-refractivity contribution in [1.82, 2.24) is 39.0 Å². The molecule has 4 aromatic carbocycles. The van der Waals surface area contributed by atoms with Gasteiger partial charge in [0.2, 0.25) is 38.9 Å². The van der Waals surface area contributed by atoms with E-state index in [9.17, 15) is 9.59 Å². The Labute approximate surface area is 585 Å². The van der Waals surface area contributed by atoms with Gasteiger partial charge in [-0.15, -0.1) is 22.7 Å². The van der Waals surface area contributed by atoms with Gasteiger partial charge in [-0.2, -0.15) is 9.97 Å². The summed E-state index contributed by atoms with van der Waals surface area (Å²) >= 11 is 34.6. The van der Waals surface area contributed by atoms with Crippen LogP contribution in [0, 0.1) is 0 Å². The monoisotopic (exact) mass is 1450 g/mol. The van der Waals surface area contributed by atoms with Crippen molar-refractivity contribution in [3.05, 3.63) is 148 Å². The minimum Gasteiger partial charge on any atom is -0.480 e. The van der Waals surface area contributed by atoms with Crippen LogP contribution in [0.25, 0.3) is 22.8 Å². The number of nitrogens with two attached hydrogens (primary N) is 2. The summed E-state index contributed by atoms with van der Waals surface area (Å²) in [6.07, 6.45) is 3.16. The first kappa shape index (κ1) is 66.1. The van der Waals surface area contributed by atoms with Gasteiger partial charge in [-0.1, -0.05) is 58.0 Å². The van der Waals surface area contributed by atoms with Gasteiger partial charge in [-0.25, -0.2) is 19.9 Å². The van der Waals surface area contributed by atoms with Crippen LogP contribution in [0.5, 0.6) is 69.8 Å². The zero-order chi connectivity index (χ0) is 68.2. The Kier molecular flexibility index (Phi) is 18.5. The number of hydrogen-bond acceptors (Lipinski definition) is 24. The zero-order valence-corrected chi connectivity index (χ0v) is 57.8. The number of carbonyl (C=O) groups is 2. The fraction of sp³-hybridized carbons (Fsp3) is 0.250. The molecule has 16 rings (SSSR count). The van der Waals surface area contributed by atoms with Crippen LogP contribution >= 0.6 is 80.7 Å². The first-order valence-corrected chi connectivity index (χ1v) is 32.8. The number of nitrogen functional groups attached to an aromatic ring is 2. The summed E-state index contributed by atoms with van der Waals surface area (Å²) in [4.78, 5) is 60.0. The van der Waals surface area contributed by atoms with Gasteiger partial charge >= 0.3 is 12.0 Å². The van der Waals surface area contributed by atoms with Gasteiger partial charge in [-0.05, 0) is 64.1 Å². The second-order valence-electron chi connectivity index (χ2n) is 21.9. The molecule has 0 saturated carbocycles. The number of nitrogens with zero attached hydrogens (tertiary/aromatic N) is 10. The molecule has 0 spiro atoms. The van der Waals surface area contributed by atoms with Crippen molar-refractivity contribution in [2.24, 2.45) is 0 Å². The van der Waals surface area contributed by atoms with E-state index in [0.717, 1.165) is 21.3 Å². The van der Waals surface area contributed by atoms with Crippen molar-refractivity contribution >= 4 is 115 Å². The molecule has 33 heteroatoms. The van der Waals surface area contributed by atoms with Crippen molar-refractivity contribution in [1.29, 1.82) is 0 Å². The van der Waals surface area contributed by atoms with E-state index in [4.69, 9.17) is 136 Å². The molecule has 6 aromatic heterocycles. The molecular weight excluding hydrogens is 1400 g/mol. The average molecular weight is 1460 g/mol. The van der Waals surface area contributed by atoms with E-state index >= 15 is 0 Å². The second kappa shape index (κ2) is 27.2. The zero-order valence-electron chi connectivity index (χ0n) is 52.3. The molecule has 0 radical (unpaired) electrons. The summed E-state index contributed by atoms with van der Waals surface area (Å²) in [5, 5.41) is 1.19. The highest BCUT2D eigenvalue weighted by atomic mass is 35.5. The first-order chi connectivity index (χ1) is 46.8. The SMILES string of the molecule is COc1ncc(-c2nc3c(n2C(C)C)[C@@H](c2ccc(Cl)s2)N(c2cc4c(cc2Cl)OCO4)C3=O)c(OC)n1.COc1ncc(-c2nc3c(n2C(C)C)[C@H](c2ccc(Cl)s2)N(c2cc4c(cc2Cl)OCO4)C3=O)c(OC)n1.Nc1cc2c(cc1Cl)OCO2.Nc1ccc2c(c1)OCO2. The van der Waals surface area contributed by atoms with Crippen molar-refractivity contribution in [2.75, 3.05) is 76.9 Å². The predicted octanol–water partition coefficient (Wildman–Crippen LogP) is 14.2. The number of hydrogen-bond donors (Lipinski definition) is 2. The Hall–Kier alpha value is -9.55. The van der Waals surface area contributed by atoms with E-state index in [2.05, 4.69) is 19.9 Å². The predicted molar refractivity (Wildman–Crippen MR) is 364 cm³/mol. The molecule has 0 aliphatic carbocycles. The third-order valence-corrected chi connectivity index (χ3v) is 19.0. The van der Waals surface area contributed by atoms with Gasteiger partial charge in [-0.3, -0.25) is 19.4 Å². The highest BCUT2D eigenvalue weighted by Gasteiger charge is 2.49. The maximum absolute atomic E-state index is 14.1. The summed E-state index contributed by atoms with van der Waals surface area (Å²) in [5.74, 6) is 5.83. The number of ether oxygens (including phenoxy) is 12. The lowest BCUT2D eigenvalue weighted by Crippen LogP contribution is -2.30. The number of anilines is 4. The molecule has 6 aliphatic rings. The molecule has 0 bridgehead atoms. The molecule has 2 atom stereocenters. The molecule has 6 aliphatic heterocycles. The average Bonchev–Trinajstić information content (AvgIpc) is 1.56. The molecule has 2 amide bonds. The third kappa shape index (κ3) is 12.3. The number of rotatable bonds is 12. The molecule has 26 nitrogen and oxygen atoms in total. The van der Waals surface area contributed by atoms with Gasteiger partial charge in [0.05, 0.1) is 91.8 Å². The van der Waals surface area contributed by atoms with E-state index in [1.54, 1.807) is 88.9 Å². The van der Waals surface area contributed by atoms with E-state index < -0.39 is 12.1 Å². The Morgan fingerprint density at radius 2 is 0.856 bits per heavy atom. The number of benzene rings is 4. The minimum absolute atomic E-state index is 0.0856. The molecule has 97 heavy (non-hydrogen) atoms. The number of thiophene rings is 2. The Bertz CT molecular complexity index is 4480. The van der Waals surface area contributed by atoms with Crippen molar-refractivity contribution < 1.29 is 66.4 Å². The number of aromatic nitrogens is 8. The highest BCUT2D eigenvalue weighted by molar-refractivity contribution is 7.16. The molecule has 502 valence electrons. The molecule has 10 aromatic rings. The maximum atomic E-state index is 14.1. The Morgan fingerprint density at radius 1 is 0.474 bits per heavy atom. The highest BCUT2D eigenvalue weighted by Crippen LogP contribution is 2.54. The lowest BCUT2D eigenvalue weighted by atomic mass is 10.1. The van der Waals surface area contributed by atoms with Crippen LogP contribution < -0.4 is 78.1 Å². The number of imidazole rings is 2. The first-order valence-electron chi connectivity index (χ1n) is 29.3. The van der Waals surface area contributed by atoms with Crippen LogP contribution in [0.3, 0.4) is 0 Å². The number of methoxy groups -OCH3 is 4.